The summed E-state index contributed by atoms with van der Waals surface area (Å²) in [6, 6.07) is 17.6. The van der Waals surface area contributed by atoms with Gasteiger partial charge in [0, 0.05) is 23.8 Å². The van der Waals surface area contributed by atoms with Crippen molar-refractivity contribution in [1.29, 1.82) is 0 Å². The van der Waals surface area contributed by atoms with Gasteiger partial charge in [-0.2, -0.15) is 0 Å². The highest BCUT2D eigenvalue weighted by molar-refractivity contribution is 6.17. The summed E-state index contributed by atoms with van der Waals surface area (Å²) < 4.78 is 7.96. The molecule has 2 aromatic carbocycles. The number of ether oxygens (including phenoxy) is 1. The van der Waals surface area contributed by atoms with E-state index in [9.17, 15) is 4.79 Å². The number of fused-ring (bicyclic) bond motifs is 1. The lowest BCUT2D eigenvalue weighted by molar-refractivity contribution is 0.0373. The van der Waals surface area contributed by atoms with Crippen molar-refractivity contribution in [3.05, 3.63) is 71.4 Å². The Morgan fingerprint density at radius 3 is 2.44 bits per heavy atom. The predicted octanol–water partition coefficient (Wildman–Crippen LogP) is 5.52. The van der Waals surface area contributed by atoms with Gasteiger partial charge in [0.15, 0.2) is 5.78 Å². The Bertz CT molecular complexity index is 864. The van der Waals surface area contributed by atoms with Gasteiger partial charge in [-0.15, -0.1) is 0 Å². The van der Waals surface area contributed by atoms with Gasteiger partial charge in [-0.3, -0.25) is 4.79 Å². The number of hydrogen-bond donors (Lipinski definition) is 0. The third-order valence-corrected chi connectivity index (χ3v) is 4.78. The van der Waals surface area contributed by atoms with Gasteiger partial charge in [0.25, 0.3) is 0 Å². The van der Waals surface area contributed by atoms with Crippen LogP contribution in [0.15, 0.2) is 54.6 Å². The molecule has 3 heteroatoms. The minimum atomic E-state index is -0.0535. The van der Waals surface area contributed by atoms with Crippen molar-refractivity contribution in [3.63, 3.8) is 0 Å². The van der Waals surface area contributed by atoms with Crippen LogP contribution in [0.1, 0.15) is 54.0 Å². The number of para-hydroxylation sites is 1. The number of benzene rings is 2. The van der Waals surface area contributed by atoms with Crippen LogP contribution in [0.3, 0.4) is 0 Å². The second-order valence-electron chi connectivity index (χ2n) is 6.38. The Hall–Kier alpha value is -2.39. The van der Waals surface area contributed by atoms with E-state index >= 15 is 0 Å². The van der Waals surface area contributed by atoms with Crippen LogP contribution in [0.4, 0.5) is 0 Å². The molecule has 0 saturated heterocycles. The smallest absolute Gasteiger partial charge is 0.195 e. The van der Waals surface area contributed by atoms with Crippen LogP contribution in [-0.4, -0.2) is 17.5 Å². The number of carbonyl (C=O) groups is 1. The van der Waals surface area contributed by atoms with Gasteiger partial charge < -0.3 is 9.30 Å². The van der Waals surface area contributed by atoms with Crippen molar-refractivity contribution < 1.29 is 9.53 Å². The number of methoxy groups -OCH3 is 1. The zero-order chi connectivity index (χ0) is 17.8. The third kappa shape index (κ3) is 3.24. The second kappa shape index (κ2) is 7.66. The molecule has 0 saturated carbocycles. The van der Waals surface area contributed by atoms with Crippen LogP contribution in [0.25, 0.3) is 10.9 Å². The molecule has 1 atom stereocenters. The number of hydrogen-bond acceptors (Lipinski definition) is 2. The molecule has 0 aliphatic heterocycles. The Labute approximate surface area is 149 Å². The quantitative estimate of drug-likeness (QED) is 0.533. The van der Waals surface area contributed by atoms with Crippen molar-refractivity contribution in [1.82, 2.24) is 4.57 Å². The summed E-state index contributed by atoms with van der Waals surface area (Å²) >= 11 is 0. The van der Waals surface area contributed by atoms with Gasteiger partial charge >= 0.3 is 0 Å². The lowest BCUT2D eigenvalue weighted by Gasteiger charge is -2.20. The molecule has 0 amide bonds. The molecule has 130 valence electrons. The highest BCUT2D eigenvalue weighted by atomic mass is 16.5. The normalized spacial score (nSPS) is 12.4. The topological polar surface area (TPSA) is 31.2 Å². The zero-order valence-corrected chi connectivity index (χ0v) is 15.2. The first-order valence-electron chi connectivity index (χ1n) is 8.91. The van der Waals surface area contributed by atoms with E-state index in [2.05, 4.69) is 17.6 Å². The number of aromatic nitrogens is 1. The maximum absolute atomic E-state index is 13.2. The van der Waals surface area contributed by atoms with E-state index in [-0.39, 0.29) is 12.0 Å². The number of rotatable bonds is 7. The first-order chi connectivity index (χ1) is 12.2. The Morgan fingerprint density at radius 1 is 1.08 bits per heavy atom. The molecule has 0 radical (unpaired) electrons. The Kier molecular flexibility index (Phi) is 5.34. The molecule has 0 aliphatic rings. The van der Waals surface area contributed by atoms with Gasteiger partial charge in [0.2, 0.25) is 0 Å². The molecule has 25 heavy (non-hydrogen) atoms. The van der Waals surface area contributed by atoms with Crippen molar-refractivity contribution in [2.24, 2.45) is 0 Å². The molecule has 3 nitrogen and oxygen atoms in total. The maximum Gasteiger partial charge on any atom is 0.195 e. The molecule has 0 bridgehead atoms. The average molecular weight is 335 g/mol. The lowest BCUT2D eigenvalue weighted by Crippen LogP contribution is -2.13. The maximum atomic E-state index is 13.2. The van der Waals surface area contributed by atoms with Crippen LogP contribution in [-0.2, 0) is 4.74 Å². The van der Waals surface area contributed by atoms with E-state index in [0.29, 0.717) is 0 Å². The summed E-state index contributed by atoms with van der Waals surface area (Å²) in [5, 5.41) is 0.993. The average Bonchev–Trinajstić information content (AvgIpc) is 2.95. The SMILES string of the molecule is CCCCC(OC)n1c(C)c(C(=O)c2ccccc2)c2ccccc21. The van der Waals surface area contributed by atoms with Gasteiger partial charge in [-0.1, -0.05) is 61.9 Å². The molecule has 3 aromatic rings. The minimum absolute atomic E-state index is 0.0535. The van der Waals surface area contributed by atoms with E-state index in [1.54, 1.807) is 7.11 Å². The molecular formula is C22H25NO2. The number of unbranched alkanes of at least 4 members (excludes halogenated alkanes) is 1. The van der Waals surface area contributed by atoms with Crippen LogP contribution in [0.5, 0.6) is 0 Å². The molecule has 0 aliphatic carbocycles. The van der Waals surface area contributed by atoms with Crippen LogP contribution in [0, 0.1) is 6.92 Å². The van der Waals surface area contributed by atoms with Crippen molar-refractivity contribution in [2.75, 3.05) is 7.11 Å². The molecule has 0 spiro atoms. The summed E-state index contributed by atoms with van der Waals surface area (Å²) in [7, 11) is 1.74. The summed E-state index contributed by atoms with van der Waals surface area (Å²) in [5.74, 6) is 0.0680. The number of ketones is 1. The second-order valence-corrected chi connectivity index (χ2v) is 6.38. The molecule has 1 aromatic heterocycles. The first-order valence-corrected chi connectivity index (χ1v) is 8.91. The first kappa shape index (κ1) is 17.4. The molecule has 1 unspecified atom stereocenters. The number of carbonyl (C=O) groups excluding carboxylic acids is 1. The molecular weight excluding hydrogens is 310 g/mol. The molecule has 3 rings (SSSR count). The monoisotopic (exact) mass is 335 g/mol. The summed E-state index contributed by atoms with van der Waals surface area (Å²) in [6.07, 6.45) is 3.09. The fourth-order valence-corrected chi connectivity index (χ4v) is 3.51. The van der Waals surface area contributed by atoms with E-state index < -0.39 is 0 Å². The fourth-order valence-electron chi connectivity index (χ4n) is 3.51. The van der Waals surface area contributed by atoms with E-state index in [0.717, 1.165) is 47.0 Å². The zero-order valence-electron chi connectivity index (χ0n) is 15.2. The lowest BCUT2D eigenvalue weighted by atomic mass is 10.0. The van der Waals surface area contributed by atoms with Gasteiger partial charge in [-0.05, 0) is 25.8 Å². The van der Waals surface area contributed by atoms with E-state index in [1.807, 2.05) is 55.5 Å². The van der Waals surface area contributed by atoms with Crippen molar-refractivity contribution in [3.8, 4) is 0 Å². The van der Waals surface area contributed by atoms with Crippen molar-refractivity contribution >= 4 is 16.7 Å². The summed E-state index contributed by atoms with van der Waals surface area (Å²) in [4.78, 5) is 13.2. The van der Waals surface area contributed by atoms with E-state index in [1.165, 1.54) is 0 Å². The molecule has 0 fully saturated rings. The molecule has 0 N–H and O–H groups in total. The summed E-state index contributed by atoms with van der Waals surface area (Å²) in [5.41, 5.74) is 3.52. The van der Waals surface area contributed by atoms with Gasteiger partial charge in [0.05, 0.1) is 11.1 Å². The highest BCUT2D eigenvalue weighted by Crippen LogP contribution is 2.32. The fraction of sp³-hybridized carbons (Fsp3) is 0.318. The van der Waals surface area contributed by atoms with Crippen molar-refractivity contribution in [2.45, 2.75) is 39.3 Å². The van der Waals surface area contributed by atoms with Crippen LogP contribution >= 0.6 is 0 Å². The van der Waals surface area contributed by atoms with E-state index in [4.69, 9.17) is 4.74 Å². The van der Waals surface area contributed by atoms with Crippen LogP contribution < -0.4 is 0 Å². The third-order valence-electron chi connectivity index (χ3n) is 4.78. The van der Waals surface area contributed by atoms with Gasteiger partial charge in [0.1, 0.15) is 6.23 Å². The standard InChI is InChI=1S/C22H25NO2/c1-4-5-15-20(25-3)23-16(2)21(18-13-9-10-14-19(18)23)22(24)17-11-7-6-8-12-17/h6-14,20H,4-5,15H2,1-3H3. The van der Waals surface area contributed by atoms with Gasteiger partial charge in [-0.25, -0.2) is 0 Å². The summed E-state index contributed by atoms with van der Waals surface area (Å²) in [6.45, 7) is 4.20. The predicted molar refractivity (Wildman–Crippen MR) is 102 cm³/mol. The van der Waals surface area contributed by atoms with Crippen LogP contribution in [0.2, 0.25) is 0 Å². The minimum Gasteiger partial charge on any atom is -0.361 e. The number of nitrogens with zero attached hydrogens (tertiary/aromatic N) is 1. The largest absolute Gasteiger partial charge is 0.361 e. The Morgan fingerprint density at radius 2 is 1.76 bits per heavy atom. The Balaban J connectivity index is 2.17. The highest BCUT2D eigenvalue weighted by Gasteiger charge is 2.24. The molecule has 1 heterocycles.